The van der Waals surface area contributed by atoms with Gasteiger partial charge in [-0.25, -0.2) is 0 Å². The zero-order valence-electron chi connectivity index (χ0n) is 15.2. The zero-order chi connectivity index (χ0) is 21.2. The van der Waals surface area contributed by atoms with Crippen molar-refractivity contribution in [3.8, 4) is 22.3 Å². The fourth-order valence-electron chi connectivity index (χ4n) is 3.77. The molecule has 0 bridgehead atoms. The average molecular weight is 394 g/mol. The maximum Gasteiger partial charge on any atom is 0.273 e. The third-order valence-corrected chi connectivity index (χ3v) is 5.39. The number of hydrogen-bond donors (Lipinski definition) is 0. The van der Waals surface area contributed by atoms with Gasteiger partial charge in [-0.1, -0.05) is 36.4 Å². The molecule has 0 saturated heterocycles. The van der Waals surface area contributed by atoms with Crippen LogP contribution in [0.3, 0.4) is 0 Å². The van der Waals surface area contributed by atoms with Gasteiger partial charge in [-0.2, -0.15) is 0 Å². The Labute approximate surface area is 166 Å². The number of hydrogen-bond acceptors (Lipinski definition) is 6. The first-order valence-corrected chi connectivity index (χ1v) is 9.02. The minimum atomic E-state index is -1.01. The van der Waals surface area contributed by atoms with Gasteiger partial charge in [0.05, 0.1) is 0 Å². The van der Waals surface area contributed by atoms with Crippen LogP contribution >= 0.6 is 0 Å². The van der Waals surface area contributed by atoms with E-state index in [0.29, 0.717) is 11.1 Å². The van der Waals surface area contributed by atoms with Crippen LogP contribution in [0.15, 0.2) is 89.4 Å². The van der Waals surface area contributed by atoms with Crippen molar-refractivity contribution in [3.63, 3.8) is 0 Å². The topological polar surface area (TPSA) is 102 Å². The second-order valence-electron chi connectivity index (χ2n) is 7.07. The van der Waals surface area contributed by atoms with Gasteiger partial charge >= 0.3 is 0 Å². The van der Waals surface area contributed by atoms with E-state index in [1.54, 1.807) is 36.4 Å². The van der Waals surface area contributed by atoms with Gasteiger partial charge in [-0.05, 0) is 46.5 Å². The molecule has 0 N–H and O–H groups in total. The Hall–Kier alpha value is -4.32. The first-order valence-electron chi connectivity index (χ1n) is 9.02. The summed E-state index contributed by atoms with van der Waals surface area (Å²) in [6.45, 7) is 0. The molecule has 30 heavy (non-hydrogen) atoms. The molecule has 0 spiro atoms. The smallest absolute Gasteiger partial charge is 0.273 e. The molecule has 0 aliphatic rings. The molecule has 0 saturated carbocycles. The second-order valence-corrected chi connectivity index (χ2v) is 7.07. The highest BCUT2D eigenvalue weighted by atomic mass is 16.2. The predicted octanol–water partition coefficient (Wildman–Crippen LogP) is 1.24. The van der Waals surface area contributed by atoms with Crippen molar-refractivity contribution < 1.29 is 0 Å². The highest BCUT2D eigenvalue weighted by Gasteiger charge is 2.14. The molecular weight excluding hydrogens is 384 g/mol. The standard InChI is InChI=1S/C24H10O6/c25-19-15-7-5-13(9-17(15)21(27)23(19)29)11-1-2-12(4-3-11)14-6-8-16-18(10-14)22(28)24(30)20(16)26/h1-10H. The van der Waals surface area contributed by atoms with Crippen LogP contribution in [0.1, 0.15) is 0 Å². The molecule has 0 amide bonds. The van der Waals surface area contributed by atoms with Crippen LogP contribution < -0.4 is 32.6 Å². The third kappa shape index (κ3) is 2.37. The SMILES string of the molecule is O=c1c(=O)c2ccc(-c3ccc(-c4ccc5c(=O)c(=O)c(=O)c5c4)cc3)cc2c1=O. The summed E-state index contributed by atoms with van der Waals surface area (Å²) in [5.74, 6) is 0. The molecule has 5 aromatic carbocycles. The molecule has 5 rings (SSSR count). The summed E-state index contributed by atoms with van der Waals surface area (Å²) in [5.41, 5.74) is -2.28. The van der Waals surface area contributed by atoms with E-state index in [0.717, 1.165) is 11.1 Å². The lowest BCUT2D eigenvalue weighted by atomic mass is 9.98. The van der Waals surface area contributed by atoms with Gasteiger partial charge in [0.25, 0.3) is 10.9 Å². The van der Waals surface area contributed by atoms with Crippen LogP contribution in [0.25, 0.3) is 43.8 Å². The zero-order valence-corrected chi connectivity index (χ0v) is 15.2. The highest BCUT2D eigenvalue weighted by molar-refractivity contribution is 5.90. The van der Waals surface area contributed by atoms with E-state index in [2.05, 4.69) is 0 Å². The first kappa shape index (κ1) is 17.8. The Morgan fingerprint density at radius 1 is 0.300 bits per heavy atom. The van der Waals surface area contributed by atoms with Gasteiger partial charge in [-0.15, -0.1) is 0 Å². The Bertz CT molecular complexity index is 1660. The fraction of sp³-hybridized carbons (Fsp3) is 0. The molecule has 0 aliphatic carbocycles. The van der Waals surface area contributed by atoms with Gasteiger partial charge in [0, 0.05) is 21.5 Å². The minimum Gasteiger partial charge on any atom is -0.285 e. The lowest BCUT2D eigenvalue weighted by molar-refractivity contribution is 1.55. The van der Waals surface area contributed by atoms with Crippen molar-refractivity contribution in [2.24, 2.45) is 0 Å². The number of rotatable bonds is 2. The van der Waals surface area contributed by atoms with E-state index in [-0.39, 0.29) is 21.5 Å². The summed E-state index contributed by atoms with van der Waals surface area (Å²) >= 11 is 0. The summed E-state index contributed by atoms with van der Waals surface area (Å²) in [6.07, 6.45) is 0. The molecule has 6 nitrogen and oxygen atoms in total. The average Bonchev–Trinajstić information content (AvgIpc) is 3.13. The Morgan fingerprint density at radius 2 is 0.600 bits per heavy atom. The first-order chi connectivity index (χ1) is 14.4. The van der Waals surface area contributed by atoms with Crippen LogP contribution in [0, 0.1) is 0 Å². The van der Waals surface area contributed by atoms with Crippen LogP contribution in [0.5, 0.6) is 0 Å². The van der Waals surface area contributed by atoms with Crippen LogP contribution in [0.2, 0.25) is 0 Å². The van der Waals surface area contributed by atoms with E-state index in [1.807, 2.05) is 0 Å². The maximum atomic E-state index is 11.9. The van der Waals surface area contributed by atoms with Gasteiger partial charge in [0.2, 0.25) is 21.7 Å². The van der Waals surface area contributed by atoms with Crippen LogP contribution in [-0.4, -0.2) is 0 Å². The molecule has 0 heterocycles. The summed E-state index contributed by atoms with van der Waals surface area (Å²) in [6, 6.07) is 16.5. The van der Waals surface area contributed by atoms with E-state index in [1.165, 1.54) is 24.3 Å². The van der Waals surface area contributed by atoms with Crippen molar-refractivity contribution in [2.75, 3.05) is 0 Å². The highest BCUT2D eigenvalue weighted by Crippen LogP contribution is 2.27. The number of benzene rings is 3. The Balaban J connectivity index is 1.59. The normalized spacial score (nSPS) is 11.5. The van der Waals surface area contributed by atoms with E-state index in [9.17, 15) is 28.8 Å². The van der Waals surface area contributed by atoms with Crippen molar-refractivity contribution in [1.82, 2.24) is 0 Å². The van der Waals surface area contributed by atoms with Crippen LogP contribution in [-0.2, 0) is 0 Å². The molecule has 0 unspecified atom stereocenters. The van der Waals surface area contributed by atoms with E-state index in [4.69, 9.17) is 0 Å². The van der Waals surface area contributed by atoms with Gasteiger partial charge < -0.3 is 0 Å². The van der Waals surface area contributed by atoms with Crippen LogP contribution in [0.4, 0.5) is 0 Å². The largest absolute Gasteiger partial charge is 0.285 e. The van der Waals surface area contributed by atoms with Crippen molar-refractivity contribution in [3.05, 3.63) is 122 Å². The molecule has 5 aromatic rings. The van der Waals surface area contributed by atoms with E-state index >= 15 is 0 Å². The molecule has 0 radical (unpaired) electrons. The lowest BCUT2D eigenvalue weighted by Gasteiger charge is -2.05. The molecule has 0 fully saturated rings. The van der Waals surface area contributed by atoms with Crippen molar-refractivity contribution >= 4 is 21.5 Å². The summed E-state index contributed by atoms with van der Waals surface area (Å²) in [4.78, 5) is 70.6. The molecule has 142 valence electrons. The van der Waals surface area contributed by atoms with Gasteiger partial charge in [-0.3, -0.25) is 28.8 Å². The van der Waals surface area contributed by atoms with E-state index < -0.39 is 32.6 Å². The van der Waals surface area contributed by atoms with Gasteiger partial charge in [0.15, 0.2) is 0 Å². The predicted molar refractivity (Wildman–Crippen MR) is 115 cm³/mol. The summed E-state index contributed by atoms with van der Waals surface area (Å²) in [5, 5.41) is 0.464. The Kier molecular flexibility index (Phi) is 3.60. The molecular formula is C24H10O6. The third-order valence-electron chi connectivity index (χ3n) is 5.39. The molecule has 0 aromatic heterocycles. The molecule has 6 heteroatoms. The summed E-state index contributed by atoms with van der Waals surface area (Å²) in [7, 11) is 0. The van der Waals surface area contributed by atoms with Gasteiger partial charge in [0.1, 0.15) is 0 Å². The quantitative estimate of drug-likeness (QED) is 0.418. The fourth-order valence-corrected chi connectivity index (χ4v) is 3.77. The lowest BCUT2D eigenvalue weighted by Crippen LogP contribution is -2.29. The minimum absolute atomic E-state index is 0.109. The monoisotopic (exact) mass is 394 g/mol. The molecule has 0 atom stereocenters. The molecule has 0 aliphatic heterocycles. The van der Waals surface area contributed by atoms with Crippen molar-refractivity contribution in [2.45, 2.75) is 0 Å². The van der Waals surface area contributed by atoms with Crippen molar-refractivity contribution in [1.29, 1.82) is 0 Å². The maximum absolute atomic E-state index is 11.9. The summed E-state index contributed by atoms with van der Waals surface area (Å²) < 4.78 is 0. The Morgan fingerprint density at radius 3 is 0.967 bits per heavy atom. The second kappa shape index (κ2) is 6.09. The number of fused-ring (bicyclic) bond motifs is 2.